The number of nitrogen functional groups attached to an aromatic ring is 1. The number of aliphatic hydroxyl groups is 1. The van der Waals surface area contributed by atoms with Crippen LogP contribution in [0.1, 0.15) is 99.6 Å². The molecule has 0 bridgehead atoms. The number of likely N-dealkylation sites (tertiary alicyclic amines) is 1. The van der Waals surface area contributed by atoms with E-state index in [-0.39, 0.29) is 95.3 Å². The van der Waals surface area contributed by atoms with E-state index < -0.39 is 35.6 Å². The van der Waals surface area contributed by atoms with Gasteiger partial charge in [-0.1, -0.05) is 44.5 Å². The number of aromatic nitrogens is 4. The van der Waals surface area contributed by atoms with Crippen molar-refractivity contribution in [3.63, 3.8) is 0 Å². The number of benzene rings is 3. The molecular weight excluding hydrogens is 1150 g/mol. The zero-order valence-electron chi connectivity index (χ0n) is 48.2. The summed E-state index contributed by atoms with van der Waals surface area (Å²) in [6.45, 7) is 16.2. The first-order valence-electron chi connectivity index (χ1n) is 29.0. The normalized spacial score (nSPS) is 18.2. The Morgan fingerprint density at radius 2 is 1.72 bits per heavy atom. The molecule has 10 heterocycles. The summed E-state index contributed by atoms with van der Waals surface area (Å²) in [6.07, 6.45) is 6.05. The van der Waals surface area contributed by atoms with Gasteiger partial charge in [0.25, 0.3) is 11.5 Å². The van der Waals surface area contributed by atoms with E-state index in [2.05, 4.69) is 26.7 Å². The number of nitrogens with zero attached hydrogens (tertiary/aromatic N) is 9. The zero-order valence-corrected chi connectivity index (χ0v) is 49.7. The molecule has 4 saturated heterocycles. The summed E-state index contributed by atoms with van der Waals surface area (Å²) < 4.78 is 64.9. The highest BCUT2D eigenvalue weighted by molar-refractivity contribution is 7.23. The lowest BCUT2D eigenvalue weighted by Crippen LogP contribution is -2.50. The van der Waals surface area contributed by atoms with Gasteiger partial charge < -0.3 is 44.7 Å². The maximum Gasteiger partial charge on any atom is 0.340 e. The fourth-order valence-corrected chi connectivity index (χ4v) is 14.2. The van der Waals surface area contributed by atoms with Gasteiger partial charge in [0.15, 0.2) is 11.9 Å². The third-order valence-corrected chi connectivity index (χ3v) is 18.8. The molecule has 0 saturated carbocycles. The Labute approximate surface area is 502 Å². The summed E-state index contributed by atoms with van der Waals surface area (Å²) in [4.78, 5) is 72.0. The number of carbonyl (C=O) groups excluding carboxylic acids is 3. The van der Waals surface area contributed by atoms with E-state index in [1.165, 1.54) is 31.7 Å². The molecule has 0 aliphatic carbocycles. The van der Waals surface area contributed by atoms with Crippen molar-refractivity contribution in [2.24, 2.45) is 0 Å². The number of amides is 2. The average molecular weight is 1220 g/mol. The number of nitrogens with one attached hydrogen (secondary N) is 1. The number of halogens is 4. The number of ether oxygens (including phenoxy) is 3. The first-order chi connectivity index (χ1) is 41.5. The lowest BCUT2D eigenvalue weighted by molar-refractivity contribution is -0.157. The summed E-state index contributed by atoms with van der Waals surface area (Å²) in [5.41, 5.74) is 9.98. The number of nitrogens with two attached hydrogens (primary N) is 1. The van der Waals surface area contributed by atoms with Crippen molar-refractivity contribution in [3.8, 4) is 34.6 Å². The van der Waals surface area contributed by atoms with Crippen molar-refractivity contribution in [2.45, 2.75) is 103 Å². The lowest BCUT2D eigenvalue weighted by atomic mass is 9.95. The second kappa shape index (κ2) is 24.6. The van der Waals surface area contributed by atoms with E-state index in [0.29, 0.717) is 84.8 Å². The lowest BCUT2D eigenvalue weighted by Gasteiger charge is -2.36. The number of thiophene rings is 1. The van der Waals surface area contributed by atoms with Crippen LogP contribution in [-0.4, -0.2) is 135 Å². The third kappa shape index (κ3) is 10.7. The Hall–Kier alpha value is -7.72. The Bertz CT molecular complexity index is 4000. The highest BCUT2D eigenvalue weighted by Gasteiger charge is 2.45. The number of nitriles is 1. The zero-order chi connectivity index (χ0) is 60.9. The second-order valence-electron chi connectivity index (χ2n) is 22.1. The van der Waals surface area contributed by atoms with E-state index in [0.717, 1.165) is 87.2 Å². The van der Waals surface area contributed by atoms with Crippen molar-refractivity contribution in [1.29, 1.82) is 5.26 Å². The van der Waals surface area contributed by atoms with Crippen LogP contribution in [0, 0.1) is 28.8 Å². The smallest absolute Gasteiger partial charge is 0.340 e. The summed E-state index contributed by atoms with van der Waals surface area (Å²) in [5, 5.41) is 24.1. The Morgan fingerprint density at radius 3 is 2.42 bits per heavy atom. The number of cyclic esters (lactones) is 1. The standard InChI is InChI=1S/C35H36ClF2N7O3S.C25H23FN4O5.C2H6/c1-19(20(2)47-3)33(46)44-14-12-43(13-15-44)32-22-16-24(36)27(21-6-7-25(37)30-26(21)23(17-39)31(40)49-30)28(38)29(22)41-34(42-32)48-18-35-8-4-10-45(35)11-5-9-35;26-18-8-19-13(6-20(18)27-12-31)15(9-29-4-2-1-3-5-29)16-10-30-21(22(16)28-19)7-14-17(24(30)33)11-35-25(34)23(14)32;1-2/h6-7,16,20H,1,4-5,8-15,18,40H2,2-3H3;6-8,12,23,32H,1-5,9-11H2,(H,27,31);1-2H3. The number of anilines is 3. The Kier molecular flexibility index (Phi) is 17.1. The first-order valence-corrected chi connectivity index (χ1v) is 30.2. The minimum Gasteiger partial charge on any atom is -0.461 e. The number of methoxy groups -OCH3 is 1. The number of hydrogen-bond acceptors (Lipinski definition) is 17. The first kappa shape index (κ1) is 60.0. The molecule has 2 unspecified atom stereocenters. The average Bonchev–Trinajstić information content (AvgIpc) is 1.53. The highest BCUT2D eigenvalue weighted by atomic mass is 35.5. The van der Waals surface area contributed by atoms with Crippen molar-refractivity contribution < 1.29 is 46.9 Å². The van der Waals surface area contributed by atoms with E-state index >= 15 is 4.39 Å². The fourth-order valence-electron chi connectivity index (χ4n) is 12.9. The predicted molar refractivity (Wildman–Crippen MR) is 322 cm³/mol. The molecule has 7 aromatic rings. The van der Waals surface area contributed by atoms with Gasteiger partial charge in [-0.25, -0.2) is 22.9 Å². The van der Waals surface area contributed by atoms with Crippen LogP contribution >= 0.6 is 22.9 Å². The van der Waals surface area contributed by atoms with Crippen molar-refractivity contribution in [3.05, 3.63) is 109 Å². The summed E-state index contributed by atoms with van der Waals surface area (Å²) in [5.74, 6) is -2.48. The second-order valence-corrected chi connectivity index (χ2v) is 23.6. The summed E-state index contributed by atoms with van der Waals surface area (Å²) in [6, 6.07) is 10.8. The monoisotopic (exact) mass is 1220 g/mol. The summed E-state index contributed by atoms with van der Waals surface area (Å²) >= 11 is 7.78. The van der Waals surface area contributed by atoms with Gasteiger partial charge in [0.05, 0.1) is 61.6 Å². The molecule has 0 spiro atoms. The molecule has 6 aliphatic heterocycles. The van der Waals surface area contributed by atoms with Crippen LogP contribution < -0.4 is 26.2 Å². The van der Waals surface area contributed by atoms with E-state index in [1.54, 1.807) is 34.6 Å². The van der Waals surface area contributed by atoms with Crippen LogP contribution in [0.25, 0.3) is 54.4 Å². The van der Waals surface area contributed by atoms with Crippen LogP contribution in [-0.2, 0) is 43.6 Å². The quantitative estimate of drug-likeness (QED) is 0.0587. The minimum absolute atomic E-state index is 0.0217. The summed E-state index contributed by atoms with van der Waals surface area (Å²) in [7, 11) is 1.53. The van der Waals surface area contributed by atoms with Gasteiger partial charge in [0, 0.05) is 84.3 Å². The van der Waals surface area contributed by atoms with Crippen molar-refractivity contribution in [1.82, 2.24) is 34.2 Å². The topological polar surface area (TPSA) is 235 Å². The maximum absolute atomic E-state index is 17.0. The molecular formula is C62H65ClF3N11O8S. The molecule has 4 N–H and O–H groups in total. The molecule has 2 amide bonds. The maximum atomic E-state index is 17.0. The number of carbonyl (C=O) groups is 3. The van der Waals surface area contributed by atoms with Crippen LogP contribution in [0.4, 0.5) is 29.7 Å². The molecule has 4 aromatic heterocycles. The van der Waals surface area contributed by atoms with Gasteiger partial charge in [-0.15, -0.1) is 11.3 Å². The van der Waals surface area contributed by atoms with Crippen LogP contribution in [0.15, 0.2) is 53.3 Å². The van der Waals surface area contributed by atoms with Gasteiger partial charge in [-0.05, 0) is 107 Å². The Balaban J connectivity index is 0.000000183. The number of fused-ring (bicyclic) bond motifs is 8. The van der Waals surface area contributed by atoms with Gasteiger partial charge in [0.2, 0.25) is 6.41 Å². The van der Waals surface area contributed by atoms with Crippen molar-refractivity contribution >= 4 is 89.6 Å². The molecule has 2 atom stereocenters. The number of hydrogen-bond donors (Lipinski definition) is 3. The van der Waals surface area contributed by atoms with E-state index in [9.17, 15) is 38.3 Å². The SMILES string of the molecule is C=C(C(=O)N1CCN(c2nc(OCC34CCCN3CCC4)nc3c(F)c(-c4ccc(F)c5sc(N)c(C#N)c45)c(Cl)cc23)CC1)C(C)OC.CC.O=CNc1cc2c(CN3CCCCC3)c3c(nc2cc1F)-c1cc2c(c(=O)n1C3)COC(=O)C2O. The van der Waals surface area contributed by atoms with Gasteiger partial charge in [-0.3, -0.25) is 24.2 Å². The molecule has 450 valence electrons. The van der Waals surface area contributed by atoms with Gasteiger partial charge in [-0.2, -0.15) is 15.2 Å². The number of aliphatic hydroxyl groups excluding tert-OH is 1. The number of piperidine rings is 1. The van der Waals surface area contributed by atoms with Gasteiger partial charge in [0.1, 0.15) is 47.3 Å². The number of piperazine rings is 1. The number of rotatable bonds is 12. The molecule has 4 fully saturated rings. The van der Waals surface area contributed by atoms with E-state index in [1.807, 2.05) is 24.8 Å². The molecule has 19 nitrogen and oxygen atoms in total. The van der Waals surface area contributed by atoms with Crippen LogP contribution in [0.3, 0.4) is 0 Å². The van der Waals surface area contributed by atoms with Gasteiger partial charge >= 0.3 is 12.0 Å². The molecule has 13 rings (SSSR count). The minimum atomic E-state index is -1.54. The van der Waals surface area contributed by atoms with Crippen molar-refractivity contribution in [2.75, 3.05) is 82.0 Å². The number of pyridine rings is 2. The Morgan fingerprint density at radius 1 is 0.988 bits per heavy atom. The molecule has 24 heteroatoms. The predicted octanol–water partition coefficient (Wildman–Crippen LogP) is 9.38. The number of esters is 1. The molecule has 86 heavy (non-hydrogen) atoms. The molecule has 0 radical (unpaired) electrons. The van der Waals surface area contributed by atoms with Crippen LogP contribution in [0.5, 0.6) is 6.01 Å². The highest BCUT2D eigenvalue weighted by Crippen LogP contribution is 2.47. The molecule has 3 aromatic carbocycles. The molecule has 6 aliphatic rings. The third-order valence-electron chi connectivity index (χ3n) is 17.5. The largest absolute Gasteiger partial charge is 0.461 e. The van der Waals surface area contributed by atoms with Crippen LogP contribution in [0.2, 0.25) is 5.02 Å². The fraction of sp³-hybridized carbons (Fsp3) is 0.419. The van der Waals surface area contributed by atoms with E-state index in [4.69, 9.17) is 41.5 Å².